The zero-order chi connectivity index (χ0) is 20.6. The molecule has 0 aliphatic rings. The molecule has 2 heterocycles. The van der Waals surface area contributed by atoms with Gasteiger partial charge in [-0.2, -0.15) is 13.2 Å². The smallest absolute Gasteiger partial charge is 0.321 e. The molecule has 0 bridgehead atoms. The second kappa shape index (κ2) is 7.09. The molecule has 29 heavy (non-hydrogen) atoms. The van der Waals surface area contributed by atoms with Gasteiger partial charge in [-0.1, -0.05) is 24.3 Å². The van der Waals surface area contributed by atoms with Gasteiger partial charge in [0.1, 0.15) is 5.65 Å². The molecule has 146 valence electrons. The van der Waals surface area contributed by atoms with Crippen molar-refractivity contribution in [1.82, 2.24) is 9.38 Å². The van der Waals surface area contributed by atoms with E-state index in [1.54, 1.807) is 12.1 Å². The van der Waals surface area contributed by atoms with Crippen LogP contribution < -0.4 is 5.32 Å². The van der Waals surface area contributed by atoms with Crippen LogP contribution in [0.25, 0.3) is 16.9 Å². The molecule has 4 rings (SSSR count). The lowest BCUT2D eigenvalue weighted by atomic mass is 10.1. The molecule has 0 saturated heterocycles. The number of hydrogen-bond donors (Lipinski definition) is 1. The van der Waals surface area contributed by atoms with Crippen molar-refractivity contribution in [3.8, 4) is 11.3 Å². The molecular formula is C22H16F3N3O. The predicted molar refractivity (Wildman–Crippen MR) is 105 cm³/mol. The number of amides is 1. The summed E-state index contributed by atoms with van der Waals surface area (Å²) in [6.07, 6.45) is -0.684. The van der Waals surface area contributed by atoms with Crippen molar-refractivity contribution in [2.75, 3.05) is 5.32 Å². The van der Waals surface area contributed by atoms with Gasteiger partial charge in [0, 0.05) is 23.5 Å². The van der Waals surface area contributed by atoms with Gasteiger partial charge in [-0.05, 0) is 48.9 Å². The van der Waals surface area contributed by atoms with Crippen molar-refractivity contribution in [1.29, 1.82) is 0 Å². The first-order chi connectivity index (χ1) is 13.8. The summed E-state index contributed by atoms with van der Waals surface area (Å²) in [5.74, 6) is -0.494. The number of carbonyl (C=O) groups is 1. The van der Waals surface area contributed by atoms with E-state index in [0.717, 1.165) is 41.0 Å². The SMILES string of the molecule is Cc1cccn2cc(-c3ccccc3NC(=O)c3ccc(C(F)(F)F)cc3)nc12. The Morgan fingerprint density at radius 2 is 1.72 bits per heavy atom. The van der Waals surface area contributed by atoms with Crippen LogP contribution in [0.2, 0.25) is 0 Å². The van der Waals surface area contributed by atoms with E-state index in [2.05, 4.69) is 10.3 Å². The largest absolute Gasteiger partial charge is 0.416 e. The van der Waals surface area contributed by atoms with E-state index >= 15 is 0 Å². The van der Waals surface area contributed by atoms with Crippen molar-refractivity contribution < 1.29 is 18.0 Å². The van der Waals surface area contributed by atoms with E-state index < -0.39 is 17.6 Å². The number of benzene rings is 2. The second-order valence-corrected chi connectivity index (χ2v) is 6.62. The van der Waals surface area contributed by atoms with E-state index in [-0.39, 0.29) is 5.56 Å². The molecule has 0 fully saturated rings. The van der Waals surface area contributed by atoms with Gasteiger partial charge < -0.3 is 9.72 Å². The van der Waals surface area contributed by atoms with Crippen LogP contribution in [0.5, 0.6) is 0 Å². The predicted octanol–water partition coefficient (Wildman–Crippen LogP) is 5.58. The quantitative estimate of drug-likeness (QED) is 0.492. The standard InChI is InChI=1S/C22H16F3N3O/c1-14-5-4-12-28-13-19(26-20(14)28)17-6-2-3-7-18(17)27-21(29)15-8-10-16(11-9-15)22(23,24)25/h2-13H,1H3,(H,27,29). The normalized spacial score (nSPS) is 11.6. The molecule has 4 aromatic rings. The second-order valence-electron chi connectivity index (χ2n) is 6.62. The number of nitrogens with one attached hydrogen (secondary N) is 1. The minimum atomic E-state index is -4.44. The Labute approximate surface area is 164 Å². The summed E-state index contributed by atoms with van der Waals surface area (Å²) in [5, 5.41) is 2.77. The number of nitrogens with zero attached hydrogens (tertiary/aromatic N) is 2. The number of pyridine rings is 1. The Kier molecular flexibility index (Phi) is 4.58. The topological polar surface area (TPSA) is 46.4 Å². The summed E-state index contributed by atoms with van der Waals surface area (Å²) in [7, 11) is 0. The van der Waals surface area contributed by atoms with Gasteiger partial charge in [-0.15, -0.1) is 0 Å². The molecule has 4 nitrogen and oxygen atoms in total. The molecular weight excluding hydrogens is 379 g/mol. The molecule has 1 amide bonds. The van der Waals surface area contributed by atoms with Crippen LogP contribution in [-0.2, 0) is 6.18 Å². The summed E-state index contributed by atoms with van der Waals surface area (Å²) >= 11 is 0. The van der Waals surface area contributed by atoms with Crippen LogP contribution in [-0.4, -0.2) is 15.3 Å². The van der Waals surface area contributed by atoms with Crippen LogP contribution >= 0.6 is 0 Å². The minimum absolute atomic E-state index is 0.138. The number of carbonyl (C=O) groups excluding carboxylic acids is 1. The number of imidazole rings is 1. The van der Waals surface area contributed by atoms with Crippen molar-refractivity contribution in [2.24, 2.45) is 0 Å². The first kappa shape index (κ1) is 18.7. The molecule has 0 aliphatic carbocycles. The van der Waals surface area contributed by atoms with Crippen LogP contribution in [0.1, 0.15) is 21.5 Å². The number of rotatable bonds is 3. The van der Waals surface area contributed by atoms with Crippen LogP contribution in [0.3, 0.4) is 0 Å². The maximum atomic E-state index is 12.7. The lowest BCUT2D eigenvalue weighted by Gasteiger charge is -2.11. The fourth-order valence-corrected chi connectivity index (χ4v) is 3.10. The lowest BCUT2D eigenvalue weighted by molar-refractivity contribution is -0.137. The van der Waals surface area contributed by atoms with Gasteiger partial charge in [0.15, 0.2) is 0 Å². The number of aromatic nitrogens is 2. The summed E-state index contributed by atoms with van der Waals surface area (Å²) < 4.78 is 40.0. The maximum Gasteiger partial charge on any atom is 0.416 e. The number of para-hydroxylation sites is 1. The highest BCUT2D eigenvalue weighted by Gasteiger charge is 2.30. The average molecular weight is 395 g/mol. The first-order valence-corrected chi connectivity index (χ1v) is 8.85. The minimum Gasteiger partial charge on any atom is -0.321 e. The zero-order valence-electron chi connectivity index (χ0n) is 15.4. The van der Waals surface area contributed by atoms with Gasteiger partial charge in [0.05, 0.1) is 16.9 Å². The Bertz CT molecular complexity index is 1190. The number of hydrogen-bond acceptors (Lipinski definition) is 2. The maximum absolute atomic E-state index is 12.7. The number of aryl methyl sites for hydroxylation is 1. The lowest BCUT2D eigenvalue weighted by Crippen LogP contribution is -2.13. The third-order valence-electron chi connectivity index (χ3n) is 4.60. The average Bonchev–Trinajstić information content (AvgIpc) is 3.13. The molecule has 2 aromatic carbocycles. The summed E-state index contributed by atoms with van der Waals surface area (Å²) in [4.78, 5) is 17.2. The van der Waals surface area contributed by atoms with E-state index in [1.807, 2.05) is 48.0 Å². The summed E-state index contributed by atoms with van der Waals surface area (Å²) in [5.41, 5.74) is 3.10. The van der Waals surface area contributed by atoms with Crippen LogP contribution in [0, 0.1) is 6.92 Å². The van der Waals surface area contributed by atoms with Gasteiger partial charge in [0.2, 0.25) is 0 Å². The summed E-state index contributed by atoms with van der Waals surface area (Å²) in [6.45, 7) is 1.96. The fourth-order valence-electron chi connectivity index (χ4n) is 3.10. The Morgan fingerprint density at radius 3 is 2.41 bits per heavy atom. The van der Waals surface area contributed by atoms with Gasteiger partial charge in [-0.25, -0.2) is 4.98 Å². The summed E-state index contributed by atoms with van der Waals surface area (Å²) in [6, 6.07) is 15.2. The molecule has 0 saturated carbocycles. The molecule has 0 radical (unpaired) electrons. The monoisotopic (exact) mass is 395 g/mol. The van der Waals surface area contributed by atoms with Gasteiger partial charge in [0.25, 0.3) is 5.91 Å². The highest BCUT2D eigenvalue weighted by molar-refractivity contribution is 6.06. The van der Waals surface area contributed by atoms with Crippen LogP contribution in [0.15, 0.2) is 73.1 Å². The Balaban J connectivity index is 1.64. The van der Waals surface area contributed by atoms with Crippen molar-refractivity contribution in [3.05, 3.63) is 89.7 Å². The highest BCUT2D eigenvalue weighted by atomic mass is 19.4. The van der Waals surface area contributed by atoms with E-state index in [1.165, 1.54) is 0 Å². The van der Waals surface area contributed by atoms with E-state index in [4.69, 9.17) is 0 Å². The molecule has 7 heteroatoms. The first-order valence-electron chi connectivity index (χ1n) is 8.85. The molecule has 1 N–H and O–H groups in total. The molecule has 0 aliphatic heterocycles. The molecule has 0 unspecified atom stereocenters. The third-order valence-corrected chi connectivity index (χ3v) is 4.60. The van der Waals surface area contributed by atoms with E-state index in [9.17, 15) is 18.0 Å². The van der Waals surface area contributed by atoms with Crippen molar-refractivity contribution in [3.63, 3.8) is 0 Å². The third kappa shape index (κ3) is 3.71. The van der Waals surface area contributed by atoms with Gasteiger partial charge in [-0.3, -0.25) is 4.79 Å². The fraction of sp³-hybridized carbons (Fsp3) is 0.0909. The number of halogens is 3. The number of fused-ring (bicyclic) bond motifs is 1. The van der Waals surface area contributed by atoms with Crippen molar-refractivity contribution in [2.45, 2.75) is 13.1 Å². The molecule has 0 atom stereocenters. The molecule has 0 spiro atoms. The van der Waals surface area contributed by atoms with E-state index in [0.29, 0.717) is 11.4 Å². The highest BCUT2D eigenvalue weighted by Crippen LogP contribution is 2.30. The number of alkyl halides is 3. The van der Waals surface area contributed by atoms with Crippen LogP contribution in [0.4, 0.5) is 18.9 Å². The Hall–Kier alpha value is -3.61. The van der Waals surface area contributed by atoms with Crippen molar-refractivity contribution >= 4 is 17.2 Å². The number of anilines is 1. The molecule has 2 aromatic heterocycles. The van der Waals surface area contributed by atoms with Gasteiger partial charge >= 0.3 is 6.18 Å². The Morgan fingerprint density at radius 1 is 1.00 bits per heavy atom. The zero-order valence-corrected chi connectivity index (χ0v) is 15.4.